The molecule has 0 bridgehead atoms. The van der Waals surface area contributed by atoms with Crippen LogP contribution in [0.2, 0.25) is 5.02 Å². The maximum Gasteiger partial charge on any atom is 0.345 e. The number of pyridine rings is 1. The van der Waals surface area contributed by atoms with Crippen molar-refractivity contribution in [2.45, 2.75) is 34.6 Å². The van der Waals surface area contributed by atoms with E-state index in [0.717, 1.165) is 11.1 Å². The van der Waals surface area contributed by atoms with E-state index in [0.29, 0.717) is 28.7 Å². The van der Waals surface area contributed by atoms with E-state index in [2.05, 4.69) is 4.98 Å². The standard InChI is InChI=1S/C21H25ClN2O4/c1-7-24(11-15(5)25)17-10-14(4)23-20(18(17)21(26)27-6)28-19-12(2)8-16(22)9-13(19)3/h8-10H,7,11H2,1-6H3. The summed E-state index contributed by atoms with van der Waals surface area (Å²) in [4.78, 5) is 30.5. The van der Waals surface area contributed by atoms with Gasteiger partial charge in [-0.25, -0.2) is 9.78 Å². The summed E-state index contributed by atoms with van der Waals surface area (Å²) >= 11 is 6.10. The Morgan fingerprint density at radius 3 is 2.25 bits per heavy atom. The summed E-state index contributed by atoms with van der Waals surface area (Å²) in [5.74, 6) is 0.119. The number of aryl methyl sites for hydroxylation is 3. The van der Waals surface area contributed by atoms with Crippen molar-refractivity contribution < 1.29 is 19.1 Å². The number of carbonyl (C=O) groups is 2. The average molecular weight is 405 g/mol. The Bertz CT molecular complexity index is 889. The highest BCUT2D eigenvalue weighted by Crippen LogP contribution is 2.36. The van der Waals surface area contributed by atoms with Crippen molar-refractivity contribution in [1.82, 2.24) is 4.98 Å². The van der Waals surface area contributed by atoms with Gasteiger partial charge in [0.25, 0.3) is 0 Å². The van der Waals surface area contributed by atoms with Crippen molar-refractivity contribution >= 4 is 29.0 Å². The first-order valence-corrected chi connectivity index (χ1v) is 9.34. The molecule has 0 N–H and O–H groups in total. The van der Waals surface area contributed by atoms with Gasteiger partial charge in [-0.3, -0.25) is 4.79 Å². The molecule has 0 amide bonds. The van der Waals surface area contributed by atoms with Crippen LogP contribution in [0, 0.1) is 20.8 Å². The van der Waals surface area contributed by atoms with E-state index in [1.807, 2.05) is 20.8 Å². The third-order valence-corrected chi connectivity index (χ3v) is 4.46. The van der Waals surface area contributed by atoms with Crippen LogP contribution in [0.4, 0.5) is 5.69 Å². The maximum absolute atomic E-state index is 12.6. The Morgan fingerprint density at radius 2 is 1.75 bits per heavy atom. The van der Waals surface area contributed by atoms with E-state index in [-0.39, 0.29) is 23.8 Å². The Kier molecular flexibility index (Phi) is 7.02. The molecular formula is C21H25ClN2O4. The number of rotatable bonds is 7. The van der Waals surface area contributed by atoms with Crippen molar-refractivity contribution in [2.24, 2.45) is 0 Å². The zero-order chi connectivity index (χ0) is 21.0. The first-order valence-electron chi connectivity index (χ1n) is 8.96. The second-order valence-electron chi connectivity index (χ2n) is 6.64. The quantitative estimate of drug-likeness (QED) is 0.625. The minimum Gasteiger partial charge on any atom is -0.465 e. The number of hydrogen-bond donors (Lipinski definition) is 0. The smallest absolute Gasteiger partial charge is 0.345 e. The lowest BCUT2D eigenvalue weighted by Crippen LogP contribution is -2.30. The van der Waals surface area contributed by atoms with E-state index >= 15 is 0 Å². The van der Waals surface area contributed by atoms with E-state index in [1.165, 1.54) is 14.0 Å². The number of ketones is 1. The molecule has 6 nitrogen and oxygen atoms in total. The summed E-state index contributed by atoms with van der Waals surface area (Å²) < 4.78 is 11.1. The van der Waals surface area contributed by atoms with Gasteiger partial charge in [0.05, 0.1) is 19.3 Å². The summed E-state index contributed by atoms with van der Waals surface area (Å²) in [6, 6.07) is 5.33. The number of esters is 1. The number of halogens is 1. The van der Waals surface area contributed by atoms with Gasteiger partial charge in [-0.05, 0) is 63.9 Å². The van der Waals surface area contributed by atoms with Gasteiger partial charge >= 0.3 is 5.97 Å². The van der Waals surface area contributed by atoms with E-state index in [9.17, 15) is 9.59 Å². The van der Waals surface area contributed by atoms with E-state index in [1.54, 1.807) is 30.0 Å². The van der Waals surface area contributed by atoms with Gasteiger partial charge in [0, 0.05) is 17.3 Å². The molecule has 28 heavy (non-hydrogen) atoms. The molecule has 1 aromatic carbocycles. The minimum atomic E-state index is -0.580. The highest BCUT2D eigenvalue weighted by Gasteiger charge is 2.26. The van der Waals surface area contributed by atoms with Crippen LogP contribution >= 0.6 is 11.6 Å². The van der Waals surface area contributed by atoms with Crippen LogP contribution in [0.15, 0.2) is 18.2 Å². The van der Waals surface area contributed by atoms with Gasteiger partial charge in [-0.15, -0.1) is 0 Å². The molecule has 7 heteroatoms. The number of aromatic nitrogens is 1. The fourth-order valence-electron chi connectivity index (χ4n) is 3.04. The second kappa shape index (κ2) is 9.06. The lowest BCUT2D eigenvalue weighted by Gasteiger charge is -2.25. The summed E-state index contributed by atoms with van der Waals surface area (Å²) in [7, 11) is 1.30. The van der Waals surface area contributed by atoms with Crippen LogP contribution in [-0.4, -0.2) is 36.9 Å². The van der Waals surface area contributed by atoms with Crippen LogP contribution in [0.25, 0.3) is 0 Å². The zero-order valence-corrected chi connectivity index (χ0v) is 17.8. The number of methoxy groups -OCH3 is 1. The molecule has 150 valence electrons. The van der Waals surface area contributed by atoms with Gasteiger partial charge in [0.15, 0.2) is 0 Å². The number of carbonyl (C=O) groups excluding carboxylic acids is 2. The molecule has 2 rings (SSSR count). The topological polar surface area (TPSA) is 68.7 Å². The largest absolute Gasteiger partial charge is 0.465 e. The van der Waals surface area contributed by atoms with Crippen molar-refractivity contribution in [1.29, 1.82) is 0 Å². The van der Waals surface area contributed by atoms with Gasteiger partial charge in [-0.1, -0.05) is 11.6 Å². The van der Waals surface area contributed by atoms with Crippen molar-refractivity contribution in [3.8, 4) is 11.6 Å². The number of likely N-dealkylation sites (N-methyl/N-ethyl adjacent to an activating group) is 1. The molecule has 1 aromatic heterocycles. The number of Topliss-reactive ketones (excluding diaryl/α,β-unsaturated/α-hetero) is 1. The maximum atomic E-state index is 12.6. The Morgan fingerprint density at radius 1 is 1.14 bits per heavy atom. The van der Waals surface area contributed by atoms with Gasteiger partial charge < -0.3 is 14.4 Å². The summed E-state index contributed by atoms with van der Waals surface area (Å²) in [5, 5.41) is 0.604. The molecule has 0 saturated carbocycles. The van der Waals surface area contributed by atoms with Crippen LogP contribution in [0.5, 0.6) is 11.6 Å². The molecule has 0 aliphatic rings. The second-order valence-corrected chi connectivity index (χ2v) is 7.08. The third-order valence-electron chi connectivity index (χ3n) is 4.24. The third kappa shape index (κ3) is 4.81. The van der Waals surface area contributed by atoms with E-state index in [4.69, 9.17) is 21.1 Å². The average Bonchev–Trinajstić information content (AvgIpc) is 2.61. The predicted molar refractivity (Wildman–Crippen MR) is 110 cm³/mol. The van der Waals surface area contributed by atoms with Crippen LogP contribution in [0.3, 0.4) is 0 Å². The molecule has 0 spiro atoms. The summed E-state index contributed by atoms with van der Waals surface area (Å²) in [5.41, 5.74) is 3.04. The fraction of sp³-hybridized carbons (Fsp3) is 0.381. The van der Waals surface area contributed by atoms with Crippen molar-refractivity contribution in [3.05, 3.63) is 45.6 Å². The Labute approximate surface area is 170 Å². The monoisotopic (exact) mass is 404 g/mol. The first-order chi connectivity index (χ1) is 13.2. The lowest BCUT2D eigenvalue weighted by molar-refractivity contribution is -0.115. The predicted octanol–water partition coefficient (Wildman–Crippen LogP) is 4.65. The number of ether oxygens (including phenoxy) is 2. The van der Waals surface area contributed by atoms with Crippen LogP contribution in [-0.2, 0) is 9.53 Å². The normalized spacial score (nSPS) is 10.5. The van der Waals surface area contributed by atoms with Crippen LogP contribution < -0.4 is 9.64 Å². The molecule has 0 fully saturated rings. The van der Waals surface area contributed by atoms with Crippen LogP contribution in [0.1, 0.15) is 41.0 Å². The molecular weight excluding hydrogens is 380 g/mol. The fourth-order valence-corrected chi connectivity index (χ4v) is 3.36. The lowest BCUT2D eigenvalue weighted by atomic mass is 10.1. The highest BCUT2D eigenvalue weighted by molar-refractivity contribution is 6.30. The summed E-state index contributed by atoms with van der Waals surface area (Å²) in [6.07, 6.45) is 0. The van der Waals surface area contributed by atoms with Gasteiger partial charge in [0.2, 0.25) is 5.88 Å². The Balaban J connectivity index is 2.67. The molecule has 0 aliphatic heterocycles. The molecule has 0 aliphatic carbocycles. The number of nitrogens with zero attached hydrogens (tertiary/aromatic N) is 2. The molecule has 0 radical (unpaired) electrons. The molecule has 0 unspecified atom stereocenters. The van der Waals surface area contributed by atoms with Crippen molar-refractivity contribution in [3.63, 3.8) is 0 Å². The number of hydrogen-bond acceptors (Lipinski definition) is 6. The van der Waals surface area contributed by atoms with E-state index < -0.39 is 5.97 Å². The highest BCUT2D eigenvalue weighted by atomic mass is 35.5. The Hall–Kier alpha value is -2.60. The summed E-state index contributed by atoms with van der Waals surface area (Å²) in [6.45, 7) is 9.67. The first kappa shape index (κ1) is 21.7. The SMILES string of the molecule is CCN(CC(C)=O)c1cc(C)nc(Oc2c(C)cc(Cl)cc2C)c1C(=O)OC. The molecule has 2 aromatic rings. The van der Waals surface area contributed by atoms with Crippen molar-refractivity contribution in [2.75, 3.05) is 25.1 Å². The zero-order valence-electron chi connectivity index (χ0n) is 17.1. The van der Waals surface area contributed by atoms with Gasteiger partial charge in [0.1, 0.15) is 17.1 Å². The minimum absolute atomic E-state index is 0.0148. The molecule has 0 saturated heterocycles. The van der Waals surface area contributed by atoms with Gasteiger partial charge in [-0.2, -0.15) is 0 Å². The number of anilines is 1. The molecule has 0 atom stereocenters. The molecule has 1 heterocycles. The number of benzene rings is 1.